The number of nitrogens with zero attached hydrogens (tertiary/aromatic N) is 1. The van der Waals surface area contributed by atoms with Crippen LogP contribution in [0.3, 0.4) is 0 Å². The predicted molar refractivity (Wildman–Crippen MR) is 506 cm³/mol. The van der Waals surface area contributed by atoms with E-state index in [-0.39, 0.29) is 86.4 Å². The molecule has 16 nitrogen and oxygen atoms in total. The van der Waals surface area contributed by atoms with Crippen LogP contribution >= 0.6 is 0 Å². The highest BCUT2D eigenvalue weighted by molar-refractivity contribution is 6.34. The van der Waals surface area contributed by atoms with E-state index < -0.39 is 12.2 Å². The lowest BCUT2D eigenvalue weighted by molar-refractivity contribution is -0.0168. The average Bonchev–Trinajstić information content (AvgIpc) is 1.63. The molecular weight excluding hydrogens is 1490 g/mol. The number of benzene rings is 9. The molecule has 4 saturated heterocycles. The molecule has 0 saturated carbocycles. The molecule has 0 bridgehead atoms. The highest BCUT2D eigenvalue weighted by Crippen LogP contribution is 2.31. The third kappa shape index (κ3) is 45.0. The van der Waals surface area contributed by atoms with Crippen LogP contribution < -0.4 is 4.90 Å². The van der Waals surface area contributed by atoms with Gasteiger partial charge >= 0.3 is 0 Å². The van der Waals surface area contributed by atoms with E-state index in [1.807, 2.05) is 386 Å². The van der Waals surface area contributed by atoms with Gasteiger partial charge in [0.1, 0.15) is 54.6 Å². The lowest BCUT2D eigenvalue weighted by Crippen LogP contribution is -2.32. The Morgan fingerprint density at radius 1 is 0.311 bits per heavy atom. The number of ketones is 3. The van der Waals surface area contributed by atoms with Gasteiger partial charge < -0.3 is 48.8 Å². The number of amides is 2. The van der Waals surface area contributed by atoms with Crippen molar-refractivity contribution in [3.05, 3.63) is 310 Å². The van der Waals surface area contributed by atoms with E-state index in [1.54, 1.807) is 62.8 Å². The van der Waals surface area contributed by atoms with Crippen LogP contribution in [0.1, 0.15) is 274 Å². The number of methoxy groups -OCH3 is 2. The summed E-state index contributed by atoms with van der Waals surface area (Å²) in [6, 6.07) is 77.1. The second-order valence-electron chi connectivity index (χ2n) is 21.1. The Morgan fingerprint density at radius 3 is 0.731 bits per heavy atom. The maximum atomic E-state index is 12.5. The summed E-state index contributed by atoms with van der Waals surface area (Å²) in [5, 5.41) is 34.9. The van der Waals surface area contributed by atoms with Crippen molar-refractivity contribution in [3.8, 4) is 5.75 Å². The van der Waals surface area contributed by atoms with Crippen LogP contribution in [0, 0.1) is 0 Å². The van der Waals surface area contributed by atoms with Crippen LogP contribution in [0.5, 0.6) is 5.75 Å². The number of carbonyl (C=O) groups excluding carboxylic acids is 5. The molecule has 0 spiro atoms. The van der Waals surface area contributed by atoms with Gasteiger partial charge in [0.25, 0.3) is 11.8 Å². The van der Waals surface area contributed by atoms with Crippen LogP contribution in [0.4, 0.5) is 5.69 Å². The molecule has 4 fully saturated rings. The van der Waals surface area contributed by atoms with E-state index in [4.69, 9.17) is 33.5 Å². The zero-order valence-electron chi connectivity index (χ0n) is 76.6. The van der Waals surface area contributed by atoms with Gasteiger partial charge in [-0.25, -0.2) is 4.90 Å². The molecule has 5 heterocycles. The summed E-state index contributed by atoms with van der Waals surface area (Å²) < 4.78 is 31.4. The number of hydrogen-bond acceptors (Lipinski definition) is 15. The first kappa shape index (κ1) is 125. The Morgan fingerprint density at radius 2 is 0.513 bits per heavy atom. The van der Waals surface area contributed by atoms with Crippen LogP contribution in [0.2, 0.25) is 0 Å². The quantitative estimate of drug-likeness (QED) is 0.0698. The van der Waals surface area contributed by atoms with Crippen molar-refractivity contribution in [1.29, 1.82) is 0 Å². The Kier molecular flexibility index (Phi) is 89.4. The highest BCUT2D eigenvalue weighted by atomic mass is 16.6. The number of rotatable bonds is 11. The fourth-order valence-corrected chi connectivity index (χ4v) is 10.4. The van der Waals surface area contributed by atoms with E-state index in [2.05, 4.69) is 0 Å². The van der Waals surface area contributed by atoms with Crippen molar-refractivity contribution < 1.29 is 72.8 Å². The van der Waals surface area contributed by atoms with Crippen molar-refractivity contribution in [3.63, 3.8) is 0 Å². The molecule has 16 heteroatoms. The van der Waals surface area contributed by atoms with E-state index >= 15 is 0 Å². The van der Waals surface area contributed by atoms with E-state index in [0.717, 1.165) is 51.6 Å². The number of hydrogen-bond donors (Lipinski definition) is 4. The zero-order valence-corrected chi connectivity index (χ0v) is 76.6. The molecule has 5 aliphatic rings. The Bertz CT molecular complexity index is 3300. The zero-order chi connectivity index (χ0) is 90.5. The highest BCUT2D eigenvalue weighted by Gasteiger charge is 2.48. The number of ether oxygens (including phenoxy) is 6. The second-order valence-corrected chi connectivity index (χ2v) is 21.1. The first-order valence-corrected chi connectivity index (χ1v) is 42.5. The maximum absolute atomic E-state index is 12.5. The van der Waals surface area contributed by atoms with Gasteiger partial charge in [0, 0.05) is 54.7 Å². The minimum Gasteiger partial charge on any atom is -0.508 e. The molecule has 0 aliphatic carbocycles. The first-order valence-electron chi connectivity index (χ1n) is 42.5. The molecule has 0 unspecified atom stereocenters. The van der Waals surface area contributed by atoms with Crippen molar-refractivity contribution in [2.75, 3.05) is 52.7 Å². The van der Waals surface area contributed by atoms with E-state index in [9.17, 15) is 39.3 Å². The SMILES string of the molecule is C.C.CC.CC.CC.CC.CC.CC.CC.CC.CC.CC.CC.CC.CC.CO.CO[C@H]1CO[C@H]2[C@@H]1OC[C@@H]2O.CO[C@H]1CO[C@H]2[C@@H]1OC[C@H]2O.O=C(c1ccccc1)c1ccccc1.O=C(c1ccccc1)c1ccccc1.O=C(c1ccccc1)c1ccccc1.O=C1c2ccccc2C(=O)N1c1ccc(Cc2ccc(O)cc2)cc1. The van der Waals surface area contributed by atoms with Crippen molar-refractivity contribution >= 4 is 34.9 Å². The van der Waals surface area contributed by atoms with Crippen molar-refractivity contribution in [2.45, 2.75) is 250 Å². The Balaban J connectivity index is -0.000000198. The lowest BCUT2D eigenvalue weighted by atomic mass is 10.0. The Hall–Kier alpha value is -9.43. The van der Waals surface area contributed by atoms with Gasteiger partial charge in [0.05, 0.1) is 43.2 Å². The van der Waals surface area contributed by atoms with Gasteiger partial charge in [-0.3, -0.25) is 24.0 Å². The molecular formula is C103H159NO15. The number of anilines is 1. The van der Waals surface area contributed by atoms with Crippen LogP contribution in [-0.4, -0.2) is 146 Å². The van der Waals surface area contributed by atoms with Gasteiger partial charge in [-0.2, -0.15) is 0 Å². The largest absolute Gasteiger partial charge is 0.508 e. The molecule has 119 heavy (non-hydrogen) atoms. The summed E-state index contributed by atoms with van der Waals surface area (Å²) in [7, 11) is 4.26. The molecule has 9 aromatic carbocycles. The number of aromatic hydroxyl groups is 1. The van der Waals surface area contributed by atoms with Gasteiger partial charge in [-0.1, -0.05) is 413 Å². The van der Waals surface area contributed by atoms with Crippen LogP contribution in [0.25, 0.3) is 0 Å². The molecule has 666 valence electrons. The summed E-state index contributed by atoms with van der Waals surface area (Å²) >= 11 is 0. The molecule has 2 amide bonds. The fraction of sp³-hybridized carbons (Fsp3) is 0.427. The minimum absolute atomic E-state index is 0. The lowest BCUT2D eigenvalue weighted by Gasteiger charge is -2.14. The maximum Gasteiger partial charge on any atom is 0.266 e. The summed E-state index contributed by atoms with van der Waals surface area (Å²) in [5.74, 6) is -0.105. The third-order valence-electron chi connectivity index (χ3n) is 15.1. The first-order chi connectivity index (χ1) is 57.4. The summed E-state index contributed by atoms with van der Waals surface area (Å²) in [6.45, 7) is 53.8. The monoisotopic (exact) mass is 1650 g/mol. The van der Waals surface area contributed by atoms with Gasteiger partial charge in [-0.15, -0.1) is 0 Å². The molecule has 5 aliphatic heterocycles. The van der Waals surface area contributed by atoms with E-state index in [0.29, 0.717) is 49.7 Å². The number of phenols is 1. The summed E-state index contributed by atoms with van der Waals surface area (Å²) in [6.07, 6.45) is -0.692. The summed E-state index contributed by atoms with van der Waals surface area (Å²) in [4.78, 5) is 61.7. The molecule has 14 rings (SSSR count). The topological polar surface area (TPSA) is 225 Å². The normalized spacial score (nSPS) is 16.1. The minimum atomic E-state index is -0.472. The number of carbonyl (C=O) groups is 5. The predicted octanol–water partition coefficient (Wildman–Crippen LogP) is 25.1. The second kappa shape index (κ2) is 85.0. The van der Waals surface area contributed by atoms with E-state index in [1.165, 1.54) is 4.90 Å². The fourth-order valence-electron chi connectivity index (χ4n) is 10.4. The number of phenolic OH excluding ortho intramolecular Hbond substituents is 1. The molecule has 9 aromatic rings. The van der Waals surface area contributed by atoms with Crippen molar-refractivity contribution in [2.24, 2.45) is 0 Å². The summed E-state index contributed by atoms with van der Waals surface area (Å²) in [5.41, 5.74) is 8.01. The number of aliphatic hydroxyl groups is 3. The smallest absolute Gasteiger partial charge is 0.266 e. The Labute approximate surface area is 722 Å². The van der Waals surface area contributed by atoms with Crippen molar-refractivity contribution in [1.82, 2.24) is 0 Å². The average molecular weight is 1650 g/mol. The number of imide groups is 1. The molecule has 4 N–H and O–H groups in total. The molecule has 8 atom stereocenters. The standard InChI is InChI=1S/C21H15NO3.3C13H10O.2C7H12O4.13C2H6.CH4O.2CH4/c23-17-11-7-15(8-12-17)13-14-5-9-16(10-6-14)22-20(24)18-3-1-2-4-19(18)21(22)25;3*14-13(11-7-3-1-4-8-11)12-9-5-2-6-10-12;2*1-9-5-3-11-6-4(8)2-10-7(5)6;14*1-2;;/h1-12,23H,13H2;3*1-10H;2*4-8H,2-3H2,1H3;13*1-2H3;2H,1H3;2*1H4/t;;;;4-,5+,6-,7-;4-,5-,6+,7+;;;;;;;;;;;;;;;;/m....10................/s1. The number of fused-ring (bicyclic) bond motifs is 3. The van der Waals surface area contributed by atoms with Crippen LogP contribution in [-0.2, 0) is 34.8 Å². The van der Waals surface area contributed by atoms with Gasteiger partial charge in [0.2, 0.25) is 0 Å². The molecule has 0 radical (unpaired) electrons. The van der Waals surface area contributed by atoms with Crippen LogP contribution in [0.15, 0.2) is 255 Å². The number of aliphatic hydroxyl groups excluding tert-OH is 3. The molecule has 0 aromatic heterocycles. The third-order valence-corrected chi connectivity index (χ3v) is 15.1. The van der Waals surface area contributed by atoms with Gasteiger partial charge in [0.15, 0.2) is 17.3 Å². The van der Waals surface area contributed by atoms with Gasteiger partial charge in [-0.05, 0) is 53.9 Å².